The van der Waals surface area contributed by atoms with E-state index in [-0.39, 0.29) is 12.2 Å². The Morgan fingerprint density at radius 1 is 1.03 bits per heavy atom. The predicted molar refractivity (Wildman–Crippen MR) is 119 cm³/mol. The van der Waals surface area contributed by atoms with E-state index in [2.05, 4.69) is 4.98 Å². The van der Waals surface area contributed by atoms with Crippen molar-refractivity contribution < 1.29 is 18.3 Å². The molecule has 0 saturated heterocycles. The summed E-state index contributed by atoms with van der Waals surface area (Å²) in [6, 6.07) is 13.4. The normalized spacial score (nSPS) is 12.1. The van der Waals surface area contributed by atoms with Crippen LogP contribution in [0, 0.1) is 0 Å². The van der Waals surface area contributed by atoms with Crippen LogP contribution in [0.5, 0.6) is 5.75 Å². The second kappa shape index (κ2) is 11.1. The van der Waals surface area contributed by atoms with Crippen molar-refractivity contribution in [2.24, 2.45) is 0 Å². The zero-order valence-electron chi connectivity index (χ0n) is 17.8. The fourth-order valence-corrected chi connectivity index (χ4v) is 4.25. The number of aromatic nitrogens is 1. The Hall–Kier alpha value is -2.14. The molecule has 1 aromatic heterocycles. The van der Waals surface area contributed by atoms with Gasteiger partial charge in [-0.3, -0.25) is 4.57 Å². The molecular weight excluding hydrogens is 387 g/mol. The van der Waals surface area contributed by atoms with Crippen LogP contribution in [0.1, 0.15) is 33.3 Å². The number of hydrogen-bond donors (Lipinski definition) is 0. The van der Waals surface area contributed by atoms with Crippen LogP contribution < -0.4 is 9.64 Å². The number of ether oxygens (including phenoxy) is 1. The summed E-state index contributed by atoms with van der Waals surface area (Å²) in [5, 5.41) is 0. The second-order valence-electron chi connectivity index (χ2n) is 7.19. The van der Waals surface area contributed by atoms with Gasteiger partial charge in [-0.25, -0.2) is 4.98 Å². The highest BCUT2D eigenvalue weighted by Gasteiger charge is 2.24. The largest absolute Gasteiger partial charge is 0.492 e. The van der Waals surface area contributed by atoms with Gasteiger partial charge in [-0.15, -0.1) is 0 Å². The summed E-state index contributed by atoms with van der Waals surface area (Å²) < 4.78 is 29.7. The number of pyridine rings is 1. The monoisotopic (exact) mass is 418 g/mol. The van der Waals surface area contributed by atoms with Gasteiger partial charge < -0.3 is 18.7 Å². The van der Waals surface area contributed by atoms with Crippen LogP contribution in [-0.2, 0) is 13.6 Å². The van der Waals surface area contributed by atoms with Crippen LogP contribution in [0.3, 0.4) is 0 Å². The number of anilines is 1. The fraction of sp³-hybridized carbons (Fsp3) is 0.409. The summed E-state index contributed by atoms with van der Waals surface area (Å²) in [4.78, 5) is 6.35. The van der Waals surface area contributed by atoms with Crippen LogP contribution >= 0.6 is 7.60 Å². The molecule has 0 radical (unpaired) electrons. The van der Waals surface area contributed by atoms with E-state index < -0.39 is 7.60 Å². The van der Waals surface area contributed by atoms with E-state index in [0.717, 1.165) is 23.7 Å². The van der Waals surface area contributed by atoms with Gasteiger partial charge in [-0.1, -0.05) is 18.2 Å². The molecule has 1 heterocycles. The van der Waals surface area contributed by atoms with E-state index in [0.29, 0.717) is 6.61 Å². The van der Waals surface area contributed by atoms with Gasteiger partial charge in [0.1, 0.15) is 18.2 Å². The molecule has 29 heavy (non-hydrogen) atoms. The Bertz CT molecular complexity index is 793. The molecule has 0 aliphatic carbocycles. The molecule has 0 atom stereocenters. The zero-order chi connectivity index (χ0) is 21.3. The van der Waals surface area contributed by atoms with Crippen molar-refractivity contribution in [3.05, 3.63) is 60.0 Å². The SMILES string of the molecule is CC(C)OP(=O)(C=Cc1ccc(OCCN(C)c2ccccn2)cc1)OC(C)C. The molecule has 1 aromatic carbocycles. The fourth-order valence-electron chi connectivity index (χ4n) is 2.53. The Kier molecular flexibility index (Phi) is 8.90. The molecular formula is C22H31N2O4P. The molecule has 158 valence electrons. The third-order valence-corrected chi connectivity index (χ3v) is 5.73. The van der Waals surface area contributed by atoms with Crippen LogP contribution in [0.15, 0.2) is 54.5 Å². The number of nitrogens with zero attached hydrogens (tertiary/aromatic N) is 2. The lowest BCUT2D eigenvalue weighted by molar-refractivity contribution is 0.149. The van der Waals surface area contributed by atoms with Crippen LogP contribution in [0.2, 0.25) is 0 Å². The van der Waals surface area contributed by atoms with E-state index in [4.69, 9.17) is 13.8 Å². The minimum Gasteiger partial charge on any atom is -0.492 e. The lowest BCUT2D eigenvalue weighted by atomic mass is 10.2. The van der Waals surface area contributed by atoms with Gasteiger partial charge in [-0.2, -0.15) is 0 Å². The molecule has 2 rings (SSSR count). The first-order chi connectivity index (χ1) is 13.8. The standard InChI is InChI=1S/C22H31N2O4P/c1-18(2)27-29(25,28-19(3)4)17-13-20-9-11-21(12-10-20)26-16-15-24(5)22-8-6-7-14-23-22/h6-14,17-19H,15-16H2,1-5H3. The maximum atomic E-state index is 12.8. The van der Waals surface area contributed by atoms with E-state index in [1.807, 2.05) is 82.1 Å². The summed E-state index contributed by atoms with van der Waals surface area (Å²) >= 11 is 0. The molecule has 0 unspecified atom stereocenters. The average molecular weight is 418 g/mol. The molecule has 0 fully saturated rings. The number of rotatable bonds is 11. The van der Waals surface area contributed by atoms with Gasteiger partial charge in [-0.05, 0) is 63.6 Å². The van der Waals surface area contributed by atoms with Gasteiger partial charge in [0.15, 0.2) is 0 Å². The van der Waals surface area contributed by atoms with Crippen molar-refractivity contribution in [3.8, 4) is 5.75 Å². The number of benzene rings is 1. The molecule has 0 aliphatic heterocycles. The van der Waals surface area contributed by atoms with Crippen molar-refractivity contribution >= 4 is 19.5 Å². The van der Waals surface area contributed by atoms with Gasteiger partial charge in [0.25, 0.3) is 0 Å². The average Bonchev–Trinajstić information content (AvgIpc) is 2.67. The van der Waals surface area contributed by atoms with Gasteiger partial charge >= 0.3 is 7.60 Å². The summed E-state index contributed by atoms with van der Waals surface area (Å²) in [5.41, 5.74) is 0.892. The lowest BCUT2D eigenvalue weighted by Crippen LogP contribution is -2.24. The van der Waals surface area contributed by atoms with E-state index in [1.165, 1.54) is 5.82 Å². The van der Waals surface area contributed by atoms with Crippen molar-refractivity contribution in [2.45, 2.75) is 39.9 Å². The molecule has 7 heteroatoms. The van der Waals surface area contributed by atoms with Gasteiger partial charge in [0, 0.05) is 19.1 Å². The van der Waals surface area contributed by atoms with Crippen LogP contribution in [0.25, 0.3) is 6.08 Å². The van der Waals surface area contributed by atoms with Crippen LogP contribution in [-0.4, -0.2) is 37.4 Å². The summed E-state index contributed by atoms with van der Waals surface area (Å²) in [6.07, 6.45) is 3.15. The van der Waals surface area contributed by atoms with Gasteiger partial charge in [0.05, 0.1) is 18.8 Å². The molecule has 6 nitrogen and oxygen atoms in total. The minimum atomic E-state index is -3.29. The molecule has 0 saturated carbocycles. The highest BCUT2D eigenvalue weighted by Crippen LogP contribution is 2.52. The molecule has 0 spiro atoms. The van der Waals surface area contributed by atoms with Crippen molar-refractivity contribution in [1.82, 2.24) is 4.98 Å². The highest BCUT2D eigenvalue weighted by atomic mass is 31.2. The minimum absolute atomic E-state index is 0.191. The maximum absolute atomic E-state index is 12.8. The van der Waals surface area contributed by atoms with E-state index in [1.54, 1.807) is 12.3 Å². The van der Waals surface area contributed by atoms with Crippen molar-refractivity contribution in [1.29, 1.82) is 0 Å². The third kappa shape index (κ3) is 8.40. The molecule has 0 N–H and O–H groups in total. The molecule has 2 aromatic rings. The number of likely N-dealkylation sites (N-methyl/N-ethyl adjacent to an activating group) is 1. The Labute approximate surface area is 174 Å². The van der Waals surface area contributed by atoms with Crippen molar-refractivity contribution in [3.63, 3.8) is 0 Å². The smallest absolute Gasteiger partial charge is 0.354 e. The van der Waals surface area contributed by atoms with Crippen LogP contribution in [0.4, 0.5) is 5.82 Å². The molecule has 0 aliphatic rings. The summed E-state index contributed by atoms with van der Waals surface area (Å²) in [5.74, 6) is 3.20. The van der Waals surface area contributed by atoms with E-state index >= 15 is 0 Å². The first-order valence-corrected chi connectivity index (χ1v) is 11.4. The first-order valence-electron chi connectivity index (χ1n) is 9.78. The third-order valence-electron chi connectivity index (χ3n) is 3.78. The quantitative estimate of drug-likeness (QED) is 0.442. The maximum Gasteiger partial charge on any atom is 0.354 e. The first kappa shape index (κ1) is 23.1. The topological polar surface area (TPSA) is 60.9 Å². The van der Waals surface area contributed by atoms with Crippen molar-refractivity contribution in [2.75, 3.05) is 25.1 Å². The Morgan fingerprint density at radius 2 is 1.69 bits per heavy atom. The summed E-state index contributed by atoms with van der Waals surface area (Å²) in [6.45, 7) is 8.61. The predicted octanol–water partition coefficient (Wildman–Crippen LogP) is 5.61. The Balaban J connectivity index is 1.90. The number of hydrogen-bond acceptors (Lipinski definition) is 6. The lowest BCUT2D eigenvalue weighted by Gasteiger charge is -2.19. The molecule has 0 amide bonds. The summed E-state index contributed by atoms with van der Waals surface area (Å²) in [7, 11) is -1.31. The highest BCUT2D eigenvalue weighted by molar-refractivity contribution is 7.57. The van der Waals surface area contributed by atoms with Gasteiger partial charge in [0.2, 0.25) is 0 Å². The Morgan fingerprint density at radius 3 is 2.24 bits per heavy atom. The second-order valence-corrected chi connectivity index (χ2v) is 8.99. The van der Waals surface area contributed by atoms with E-state index in [9.17, 15) is 4.57 Å². The zero-order valence-corrected chi connectivity index (χ0v) is 18.7. The molecule has 0 bridgehead atoms.